The number of nitrogens with zero attached hydrogens (tertiary/aromatic N) is 2. The molecule has 3 rings (SSSR count). The van der Waals surface area contributed by atoms with Gasteiger partial charge in [0.1, 0.15) is 0 Å². The molecule has 0 radical (unpaired) electrons. The normalized spacial score (nSPS) is 30.2. The second-order valence-electron chi connectivity index (χ2n) is 6.96. The lowest BCUT2D eigenvalue weighted by Crippen LogP contribution is -2.62. The van der Waals surface area contributed by atoms with Crippen molar-refractivity contribution in [3.8, 4) is 0 Å². The van der Waals surface area contributed by atoms with Gasteiger partial charge in [-0.3, -0.25) is 4.90 Å². The molecule has 110 valence electrons. The highest BCUT2D eigenvalue weighted by atomic mass is 15.3. The van der Waals surface area contributed by atoms with E-state index in [1.54, 1.807) is 0 Å². The Hall–Kier alpha value is -0.120. The number of rotatable bonds is 3. The summed E-state index contributed by atoms with van der Waals surface area (Å²) in [5, 5.41) is 3.84. The molecule has 0 unspecified atom stereocenters. The summed E-state index contributed by atoms with van der Waals surface area (Å²) in [6.45, 7) is 10.1. The molecule has 0 atom stereocenters. The highest BCUT2D eigenvalue weighted by Gasteiger charge is 2.39. The van der Waals surface area contributed by atoms with Crippen molar-refractivity contribution in [2.75, 3.05) is 39.3 Å². The van der Waals surface area contributed by atoms with E-state index in [2.05, 4.69) is 22.0 Å². The minimum absolute atomic E-state index is 0.499. The zero-order chi connectivity index (χ0) is 13.1. The van der Waals surface area contributed by atoms with Crippen molar-refractivity contribution in [1.29, 1.82) is 0 Å². The highest BCUT2D eigenvalue weighted by Crippen LogP contribution is 2.33. The van der Waals surface area contributed by atoms with E-state index in [1.165, 1.54) is 84.2 Å². The maximum atomic E-state index is 3.84. The molecule has 1 saturated carbocycles. The average Bonchev–Trinajstić information content (AvgIpc) is 2.88. The molecule has 0 aromatic rings. The van der Waals surface area contributed by atoms with E-state index in [0.717, 1.165) is 6.04 Å². The van der Waals surface area contributed by atoms with Crippen LogP contribution in [0, 0.1) is 0 Å². The van der Waals surface area contributed by atoms with Crippen LogP contribution >= 0.6 is 0 Å². The van der Waals surface area contributed by atoms with Gasteiger partial charge < -0.3 is 10.2 Å². The molecule has 0 amide bonds. The topological polar surface area (TPSA) is 18.5 Å². The van der Waals surface area contributed by atoms with Gasteiger partial charge in [-0.1, -0.05) is 19.8 Å². The molecule has 0 aromatic carbocycles. The summed E-state index contributed by atoms with van der Waals surface area (Å²) in [6, 6.07) is 0.868. The van der Waals surface area contributed by atoms with E-state index >= 15 is 0 Å². The van der Waals surface area contributed by atoms with Gasteiger partial charge in [-0.25, -0.2) is 0 Å². The number of piperidine rings is 1. The van der Waals surface area contributed by atoms with Crippen LogP contribution in [0.25, 0.3) is 0 Å². The van der Waals surface area contributed by atoms with Gasteiger partial charge in [0.05, 0.1) is 0 Å². The molecule has 1 N–H and O–H groups in total. The Labute approximate surface area is 118 Å². The molecule has 2 heterocycles. The summed E-state index contributed by atoms with van der Waals surface area (Å²) in [5.74, 6) is 0. The average molecular weight is 265 g/mol. The van der Waals surface area contributed by atoms with Crippen molar-refractivity contribution < 1.29 is 0 Å². The Bertz CT molecular complexity index is 278. The summed E-state index contributed by atoms with van der Waals surface area (Å²) < 4.78 is 0. The molecular weight excluding hydrogens is 234 g/mol. The Balaban J connectivity index is 1.52. The maximum absolute atomic E-state index is 3.84. The first-order valence-electron chi connectivity index (χ1n) is 8.53. The van der Waals surface area contributed by atoms with E-state index in [-0.39, 0.29) is 0 Å². The van der Waals surface area contributed by atoms with Gasteiger partial charge >= 0.3 is 0 Å². The fourth-order valence-electron chi connectivity index (χ4n) is 4.51. The summed E-state index contributed by atoms with van der Waals surface area (Å²) in [5.41, 5.74) is 0.499. The quantitative estimate of drug-likeness (QED) is 0.843. The van der Waals surface area contributed by atoms with Gasteiger partial charge in [-0.05, 0) is 51.7 Å². The van der Waals surface area contributed by atoms with E-state index < -0.39 is 0 Å². The summed E-state index contributed by atoms with van der Waals surface area (Å²) >= 11 is 0. The molecule has 3 nitrogen and oxygen atoms in total. The Morgan fingerprint density at radius 1 is 1.11 bits per heavy atom. The van der Waals surface area contributed by atoms with E-state index in [9.17, 15) is 0 Å². The van der Waals surface area contributed by atoms with Crippen LogP contribution in [0.5, 0.6) is 0 Å². The van der Waals surface area contributed by atoms with Gasteiger partial charge in [-0.2, -0.15) is 0 Å². The van der Waals surface area contributed by atoms with Crippen LogP contribution in [0.3, 0.4) is 0 Å². The first kappa shape index (κ1) is 13.8. The van der Waals surface area contributed by atoms with Crippen molar-refractivity contribution in [3.63, 3.8) is 0 Å². The zero-order valence-electron chi connectivity index (χ0n) is 12.7. The predicted octanol–water partition coefficient (Wildman–Crippen LogP) is 2.08. The van der Waals surface area contributed by atoms with Crippen molar-refractivity contribution in [2.24, 2.45) is 0 Å². The van der Waals surface area contributed by atoms with Crippen LogP contribution in [0.1, 0.15) is 51.9 Å². The van der Waals surface area contributed by atoms with Gasteiger partial charge in [0.2, 0.25) is 0 Å². The van der Waals surface area contributed by atoms with Crippen LogP contribution in [0.2, 0.25) is 0 Å². The Morgan fingerprint density at radius 3 is 2.53 bits per heavy atom. The maximum Gasteiger partial charge on any atom is 0.0309 e. The third-order valence-corrected chi connectivity index (χ3v) is 5.58. The predicted molar refractivity (Wildman–Crippen MR) is 80.5 cm³/mol. The minimum Gasteiger partial charge on any atom is -0.309 e. The number of nitrogens with one attached hydrogen (secondary N) is 1. The molecule has 3 aliphatic rings. The lowest BCUT2D eigenvalue weighted by atomic mass is 9.92. The van der Waals surface area contributed by atoms with Gasteiger partial charge in [0, 0.05) is 31.2 Å². The molecule has 1 spiro atoms. The third kappa shape index (κ3) is 3.14. The highest BCUT2D eigenvalue weighted by molar-refractivity contribution is 4.99. The molecule has 19 heavy (non-hydrogen) atoms. The molecule has 3 heteroatoms. The van der Waals surface area contributed by atoms with Gasteiger partial charge in [0.25, 0.3) is 0 Å². The molecule has 3 fully saturated rings. The fraction of sp³-hybridized carbons (Fsp3) is 1.00. The number of hydrogen-bond acceptors (Lipinski definition) is 3. The lowest BCUT2D eigenvalue weighted by Gasteiger charge is -2.47. The van der Waals surface area contributed by atoms with E-state index in [0.29, 0.717) is 5.54 Å². The first-order valence-corrected chi connectivity index (χ1v) is 8.53. The zero-order valence-corrected chi connectivity index (χ0v) is 12.7. The second-order valence-corrected chi connectivity index (χ2v) is 6.96. The lowest BCUT2D eigenvalue weighted by molar-refractivity contribution is 0.0555. The van der Waals surface area contributed by atoms with Gasteiger partial charge in [0.15, 0.2) is 0 Å². The number of piperazine rings is 1. The van der Waals surface area contributed by atoms with Crippen LogP contribution in [0.4, 0.5) is 0 Å². The van der Waals surface area contributed by atoms with Crippen LogP contribution in [-0.4, -0.2) is 60.6 Å². The number of likely N-dealkylation sites (tertiary alicyclic amines) is 1. The van der Waals surface area contributed by atoms with Gasteiger partial charge in [-0.15, -0.1) is 0 Å². The SMILES string of the molecule is CCCN1CCC(N2CCNC3(CCCC3)C2)CC1. The van der Waals surface area contributed by atoms with E-state index in [1.807, 2.05) is 0 Å². The van der Waals surface area contributed by atoms with Crippen LogP contribution < -0.4 is 5.32 Å². The number of hydrogen-bond donors (Lipinski definition) is 1. The van der Waals surface area contributed by atoms with Crippen molar-refractivity contribution >= 4 is 0 Å². The molecule has 2 saturated heterocycles. The van der Waals surface area contributed by atoms with Crippen molar-refractivity contribution in [3.05, 3.63) is 0 Å². The third-order valence-electron chi connectivity index (χ3n) is 5.58. The summed E-state index contributed by atoms with van der Waals surface area (Å²) in [4.78, 5) is 5.48. The largest absolute Gasteiger partial charge is 0.309 e. The smallest absolute Gasteiger partial charge is 0.0309 e. The molecule has 2 aliphatic heterocycles. The van der Waals surface area contributed by atoms with Crippen LogP contribution in [0.15, 0.2) is 0 Å². The van der Waals surface area contributed by atoms with Crippen molar-refractivity contribution in [1.82, 2.24) is 15.1 Å². The monoisotopic (exact) mass is 265 g/mol. The molecule has 0 aromatic heterocycles. The van der Waals surface area contributed by atoms with E-state index in [4.69, 9.17) is 0 Å². The summed E-state index contributed by atoms with van der Waals surface area (Å²) in [6.07, 6.45) is 9.81. The second kappa shape index (κ2) is 6.11. The molecule has 0 bridgehead atoms. The summed E-state index contributed by atoms with van der Waals surface area (Å²) in [7, 11) is 0. The standard InChI is InChI=1S/C16H31N3/c1-2-10-18-11-5-15(6-12-18)19-13-9-17-16(14-19)7-3-4-8-16/h15,17H,2-14H2,1H3. The Kier molecular flexibility index (Phi) is 4.45. The fourth-order valence-corrected chi connectivity index (χ4v) is 4.51. The van der Waals surface area contributed by atoms with Crippen molar-refractivity contribution in [2.45, 2.75) is 63.5 Å². The molecule has 1 aliphatic carbocycles. The minimum atomic E-state index is 0.499. The Morgan fingerprint density at radius 2 is 1.84 bits per heavy atom. The first-order chi connectivity index (χ1) is 9.31. The molecular formula is C16H31N3. The van der Waals surface area contributed by atoms with Crippen LogP contribution in [-0.2, 0) is 0 Å².